The van der Waals surface area contributed by atoms with Crippen LogP contribution in [0.1, 0.15) is 22.3 Å². The summed E-state index contributed by atoms with van der Waals surface area (Å²) in [4.78, 5) is 26.0. The van der Waals surface area contributed by atoms with Crippen molar-refractivity contribution in [1.29, 1.82) is 0 Å². The molecule has 0 fully saturated rings. The zero-order valence-electron chi connectivity index (χ0n) is 32.7. The van der Waals surface area contributed by atoms with Gasteiger partial charge in [-0.25, -0.2) is 24.9 Å². The van der Waals surface area contributed by atoms with Crippen LogP contribution in [0.5, 0.6) is 0 Å². The lowest BCUT2D eigenvalue weighted by Gasteiger charge is -2.17. The number of nitrogens with zero attached hydrogens (tertiary/aromatic N) is 7. The standard InChI is InChI=1S/C51H39N7/c1-32-19-23-36(24-20-32)47-54-48(37-25-21-33(2)22-26-37)56-49(55-47)40-29-41(57-45-17-7-5-15-43(45)52-50(57)38-13-9-11-34(3)27-38)31-42(30-40)58-46-18-8-6-16-44(46)53-51(58)39-14-10-12-35(4)28-39/h5-31H,1-4H3. The van der Waals surface area contributed by atoms with Crippen molar-refractivity contribution in [3.8, 4) is 68.3 Å². The molecule has 0 saturated carbocycles. The van der Waals surface area contributed by atoms with Crippen LogP contribution >= 0.6 is 0 Å². The smallest absolute Gasteiger partial charge is 0.164 e. The Morgan fingerprint density at radius 1 is 0.310 bits per heavy atom. The maximum Gasteiger partial charge on any atom is 0.164 e. The Morgan fingerprint density at radius 3 is 1.16 bits per heavy atom. The Kier molecular flexibility index (Phi) is 8.56. The Bertz CT molecular complexity index is 2950. The number of benzene rings is 7. The molecule has 3 heterocycles. The van der Waals surface area contributed by atoms with Crippen molar-refractivity contribution in [3.05, 3.63) is 186 Å². The van der Waals surface area contributed by atoms with Crippen molar-refractivity contribution >= 4 is 22.1 Å². The van der Waals surface area contributed by atoms with Crippen LogP contribution in [0.25, 0.3) is 90.4 Å². The fraction of sp³-hybridized carbons (Fsp3) is 0.0784. The third-order valence-corrected chi connectivity index (χ3v) is 10.6. The first kappa shape index (κ1) is 34.9. The monoisotopic (exact) mass is 749 g/mol. The molecule has 0 atom stereocenters. The molecule has 7 aromatic carbocycles. The first-order valence-corrected chi connectivity index (χ1v) is 19.5. The van der Waals surface area contributed by atoms with E-state index < -0.39 is 0 Å². The molecule has 0 spiro atoms. The molecule has 10 rings (SSSR count). The first-order chi connectivity index (χ1) is 28.3. The molecule has 0 aliphatic carbocycles. The molecular weight excluding hydrogens is 711 g/mol. The van der Waals surface area contributed by atoms with Crippen molar-refractivity contribution < 1.29 is 0 Å². The maximum absolute atomic E-state index is 5.24. The van der Waals surface area contributed by atoms with E-state index in [1.165, 1.54) is 11.1 Å². The third kappa shape index (κ3) is 6.42. The molecule has 0 N–H and O–H groups in total. The molecule has 0 amide bonds. The summed E-state index contributed by atoms with van der Waals surface area (Å²) in [5.74, 6) is 3.47. The molecule has 0 saturated heterocycles. The summed E-state index contributed by atoms with van der Waals surface area (Å²) in [7, 11) is 0. The van der Waals surface area contributed by atoms with Crippen LogP contribution in [0.3, 0.4) is 0 Å². The predicted molar refractivity (Wildman–Crippen MR) is 235 cm³/mol. The lowest BCUT2D eigenvalue weighted by molar-refractivity contribution is 1.05. The number of fused-ring (bicyclic) bond motifs is 2. The highest BCUT2D eigenvalue weighted by atomic mass is 15.1. The summed E-state index contributed by atoms with van der Waals surface area (Å²) in [6.45, 7) is 8.40. The van der Waals surface area contributed by atoms with Gasteiger partial charge >= 0.3 is 0 Å². The average molecular weight is 750 g/mol. The normalized spacial score (nSPS) is 11.4. The number of hydrogen-bond acceptors (Lipinski definition) is 5. The van der Waals surface area contributed by atoms with Crippen LogP contribution in [-0.2, 0) is 0 Å². The van der Waals surface area contributed by atoms with E-state index in [1.54, 1.807) is 0 Å². The van der Waals surface area contributed by atoms with E-state index >= 15 is 0 Å². The molecule has 0 bridgehead atoms. The number of aryl methyl sites for hydroxylation is 4. The second kappa shape index (κ2) is 14.2. The quantitative estimate of drug-likeness (QED) is 0.162. The zero-order chi connectivity index (χ0) is 39.3. The molecule has 7 nitrogen and oxygen atoms in total. The van der Waals surface area contributed by atoms with Crippen molar-refractivity contribution in [2.45, 2.75) is 27.7 Å². The van der Waals surface area contributed by atoms with Crippen molar-refractivity contribution in [3.63, 3.8) is 0 Å². The first-order valence-electron chi connectivity index (χ1n) is 19.5. The van der Waals surface area contributed by atoms with Gasteiger partial charge in [-0.05, 0) is 82.3 Å². The van der Waals surface area contributed by atoms with E-state index in [0.29, 0.717) is 17.5 Å². The number of hydrogen-bond donors (Lipinski definition) is 0. The van der Waals surface area contributed by atoms with Gasteiger partial charge in [-0.15, -0.1) is 0 Å². The highest BCUT2D eigenvalue weighted by molar-refractivity contribution is 5.87. The Morgan fingerprint density at radius 2 is 0.724 bits per heavy atom. The van der Waals surface area contributed by atoms with Crippen molar-refractivity contribution in [2.75, 3.05) is 0 Å². The second-order valence-electron chi connectivity index (χ2n) is 15.0. The SMILES string of the molecule is Cc1ccc(-c2nc(-c3ccc(C)cc3)nc(-c3cc(-n4c(-c5cccc(C)c5)nc5ccccc54)cc(-n4c(-c5cccc(C)c5)nc5ccccc54)c3)n2)cc1. The van der Waals surface area contributed by atoms with Crippen LogP contribution in [-0.4, -0.2) is 34.1 Å². The second-order valence-corrected chi connectivity index (χ2v) is 15.0. The summed E-state index contributed by atoms with van der Waals surface area (Å²) >= 11 is 0. The molecule has 7 heteroatoms. The van der Waals surface area contributed by atoms with Gasteiger partial charge in [0, 0.05) is 27.8 Å². The van der Waals surface area contributed by atoms with Crippen LogP contribution in [0.4, 0.5) is 0 Å². The summed E-state index contributed by atoms with van der Waals surface area (Å²) in [5, 5.41) is 0. The van der Waals surface area contributed by atoms with Gasteiger partial charge in [0.05, 0.1) is 33.4 Å². The highest BCUT2D eigenvalue weighted by Crippen LogP contribution is 2.36. The minimum absolute atomic E-state index is 0.562. The van der Waals surface area contributed by atoms with Gasteiger partial charge in [-0.3, -0.25) is 9.13 Å². The number of aromatic nitrogens is 7. The van der Waals surface area contributed by atoms with Gasteiger partial charge < -0.3 is 0 Å². The van der Waals surface area contributed by atoms with E-state index in [2.05, 4.69) is 188 Å². The number of rotatable bonds is 7. The minimum Gasteiger partial charge on any atom is -0.292 e. The zero-order valence-corrected chi connectivity index (χ0v) is 32.7. The predicted octanol–water partition coefficient (Wildman–Crippen LogP) is 12.1. The van der Waals surface area contributed by atoms with Crippen LogP contribution in [0, 0.1) is 27.7 Å². The molecule has 0 aliphatic heterocycles. The molecule has 0 unspecified atom stereocenters. The fourth-order valence-corrected chi connectivity index (χ4v) is 7.68. The van der Waals surface area contributed by atoms with Crippen LogP contribution in [0.15, 0.2) is 164 Å². The van der Waals surface area contributed by atoms with Gasteiger partial charge in [0.1, 0.15) is 11.6 Å². The topological polar surface area (TPSA) is 74.3 Å². The summed E-state index contributed by atoms with van der Waals surface area (Å²) < 4.78 is 4.51. The maximum atomic E-state index is 5.24. The molecule has 3 aromatic heterocycles. The lowest BCUT2D eigenvalue weighted by Crippen LogP contribution is -2.05. The van der Waals surface area contributed by atoms with E-state index in [-0.39, 0.29) is 0 Å². The highest BCUT2D eigenvalue weighted by Gasteiger charge is 2.21. The molecule has 0 radical (unpaired) electrons. The third-order valence-electron chi connectivity index (χ3n) is 10.6. The Balaban J connectivity index is 1.30. The Labute approximate surface area is 337 Å². The molecular formula is C51H39N7. The summed E-state index contributed by atoms with van der Waals surface area (Å²) in [6.07, 6.45) is 0. The average Bonchev–Trinajstić information content (AvgIpc) is 3.84. The Hall–Kier alpha value is -7.51. The van der Waals surface area contributed by atoms with Gasteiger partial charge in [0.25, 0.3) is 0 Å². The van der Waals surface area contributed by atoms with Crippen LogP contribution < -0.4 is 0 Å². The summed E-state index contributed by atoms with van der Waals surface area (Å²) in [6, 6.07) is 56.9. The summed E-state index contributed by atoms with van der Waals surface area (Å²) in [5.41, 5.74) is 15.0. The van der Waals surface area contributed by atoms with Gasteiger partial charge in [-0.1, -0.05) is 131 Å². The minimum atomic E-state index is 0.562. The van der Waals surface area contributed by atoms with Gasteiger partial charge in [0.15, 0.2) is 17.5 Å². The molecule has 10 aromatic rings. The molecule has 58 heavy (non-hydrogen) atoms. The van der Waals surface area contributed by atoms with Crippen molar-refractivity contribution in [1.82, 2.24) is 34.1 Å². The van der Waals surface area contributed by atoms with Gasteiger partial charge in [-0.2, -0.15) is 0 Å². The largest absolute Gasteiger partial charge is 0.292 e. The van der Waals surface area contributed by atoms with E-state index in [9.17, 15) is 0 Å². The number of imidazole rings is 2. The van der Waals surface area contributed by atoms with Crippen molar-refractivity contribution in [2.24, 2.45) is 0 Å². The van der Waals surface area contributed by atoms with Crippen LogP contribution in [0.2, 0.25) is 0 Å². The number of para-hydroxylation sites is 4. The molecule has 278 valence electrons. The fourth-order valence-electron chi connectivity index (χ4n) is 7.68. The van der Waals surface area contributed by atoms with E-state index in [1.807, 2.05) is 12.1 Å². The lowest BCUT2D eigenvalue weighted by atomic mass is 10.1. The molecule has 0 aliphatic rings. The van der Waals surface area contributed by atoms with E-state index in [0.717, 1.165) is 84.0 Å². The van der Waals surface area contributed by atoms with Gasteiger partial charge in [0.2, 0.25) is 0 Å². The van der Waals surface area contributed by atoms with E-state index in [4.69, 9.17) is 24.9 Å².